The number of benzene rings is 2. The van der Waals surface area contributed by atoms with Crippen LogP contribution in [0.1, 0.15) is 167 Å². The van der Waals surface area contributed by atoms with Gasteiger partial charge in [-0.15, -0.1) is 0 Å². The quantitative estimate of drug-likeness (QED) is 0.162. The standard InChI is InChI=1S/C35H46.C4H10.2C2H6/c1-3-4-5-11-21-35(23-24-35)22-12-7-10-16-30-25-31-26-32(34(2)19-13-20-34)18-17-29(31)27-33(30)28-14-8-6-9-15-28;1-3-4-2;2*1-2/h6,8-9,12-15,17-19,22,26,30,33H,3-5,7,10-11,16,20-21,23-25,27H2,1-2H3;3-4H2,1-2H3;2*1-2H3/b22-12-;;;. The number of hydrogen-bond donors (Lipinski definition) is 0. The maximum absolute atomic E-state index is 2.61. The molecule has 43 heavy (non-hydrogen) atoms. The smallest absolute Gasteiger partial charge is 0.0138 e. The first-order valence-electron chi connectivity index (χ1n) is 18.5. The van der Waals surface area contributed by atoms with Crippen LogP contribution < -0.4 is 0 Å². The summed E-state index contributed by atoms with van der Waals surface area (Å²) in [6.07, 6.45) is 30.0. The van der Waals surface area contributed by atoms with E-state index < -0.39 is 0 Å². The molecular weight excluding hydrogens is 516 g/mol. The van der Waals surface area contributed by atoms with Crippen molar-refractivity contribution in [3.05, 3.63) is 95.1 Å². The Morgan fingerprint density at radius 3 is 2.05 bits per heavy atom. The van der Waals surface area contributed by atoms with E-state index in [1.54, 1.807) is 16.7 Å². The topological polar surface area (TPSA) is 0 Å². The van der Waals surface area contributed by atoms with Crippen LogP contribution in [0.5, 0.6) is 0 Å². The Labute approximate surface area is 268 Å². The molecule has 5 rings (SSSR count). The van der Waals surface area contributed by atoms with Crippen LogP contribution in [0.2, 0.25) is 0 Å². The van der Waals surface area contributed by atoms with Gasteiger partial charge in [0.15, 0.2) is 0 Å². The minimum atomic E-state index is 0.265. The van der Waals surface area contributed by atoms with Gasteiger partial charge in [0.25, 0.3) is 0 Å². The lowest BCUT2D eigenvalue weighted by Gasteiger charge is -2.37. The molecule has 0 bridgehead atoms. The largest absolute Gasteiger partial charge is 0.0880 e. The number of allylic oxidation sites excluding steroid dienone is 4. The highest BCUT2D eigenvalue weighted by Crippen LogP contribution is 2.51. The van der Waals surface area contributed by atoms with E-state index in [-0.39, 0.29) is 5.41 Å². The first-order chi connectivity index (χ1) is 21.0. The van der Waals surface area contributed by atoms with E-state index in [2.05, 4.69) is 101 Å². The van der Waals surface area contributed by atoms with E-state index in [9.17, 15) is 0 Å². The summed E-state index contributed by atoms with van der Waals surface area (Å²) in [6, 6.07) is 18.8. The highest BCUT2D eigenvalue weighted by Gasteiger charge is 2.38. The molecule has 0 N–H and O–H groups in total. The lowest BCUT2D eigenvalue weighted by Crippen LogP contribution is -2.27. The second-order valence-corrected chi connectivity index (χ2v) is 13.2. The predicted molar refractivity (Wildman–Crippen MR) is 194 cm³/mol. The second kappa shape index (κ2) is 20.0. The normalized spacial score (nSPS) is 22.5. The minimum Gasteiger partial charge on any atom is -0.0880 e. The lowest BCUT2D eigenvalue weighted by molar-refractivity contribution is 0.360. The summed E-state index contributed by atoms with van der Waals surface area (Å²) in [6.45, 7) is 17.1. The number of unbranched alkanes of at least 4 members (excludes halogenated alkanes) is 5. The molecule has 0 heterocycles. The Kier molecular flexibility index (Phi) is 17.3. The van der Waals surface area contributed by atoms with Crippen LogP contribution in [0.4, 0.5) is 0 Å². The molecule has 1 saturated carbocycles. The third-order valence-electron chi connectivity index (χ3n) is 9.95. The van der Waals surface area contributed by atoms with E-state index >= 15 is 0 Å². The number of rotatable bonds is 13. The van der Waals surface area contributed by atoms with Crippen molar-refractivity contribution in [2.45, 2.75) is 163 Å². The van der Waals surface area contributed by atoms with Crippen LogP contribution in [-0.4, -0.2) is 0 Å². The Balaban J connectivity index is 0.000000733. The van der Waals surface area contributed by atoms with Crippen molar-refractivity contribution in [1.29, 1.82) is 0 Å². The second-order valence-electron chi connectivity index (χ2n) is 13.2. The van der Waals surface area contributed by atoms with Gasteiger partial charge in [-0.25, -0.2) is 0 Å². The van der Waals surface area contributed by atoms with Gasteiger partial charge in [0.1, 0.15) is 0 Å². The Morgan fingerprint density at radius 2 is 1.47 bits per heavy atom. The van der Waals surface area contributed by atoms with Gasteiger partial charge in [0, 0.05) is 5.41 Å². The van der Waals surface area contributed by atoms with Gasteiger partial charge in [-0.05, 0) is 97.3 Å². The van der Waals surface area contributed by atoms with Crippen molar-refractivity contribution >= 4 is 0 Å². The fraction of sp³-hybridized carbons (Fsp3) is 0.628. The monoisotopic (exact) mass is 585 g/mol. The summed E-state index contributed by atoms with van der Waals surface area (Å²) in [5.74, 6) is 1.41. The van der Waals surface area contributed by atoms with Gasteiger partial charge in [-0.1, -0.05) is 167 Å². The van der Waals surface area contributed by atoms with Crippen molar-refractivity contribution in [2.75, 3.05) is 0 Å². The molecule has 2 aromatic rings. The molecule has 0 spiro atoms. The molecule has 0 saturated heterocycles. The van der Waals surface area contributed by atoms with E-state index in [1.807, 2.05) is 27.7 Å². The molecule has 3 atom stereocenters. The summed E-state index contributed by atoms with van der Waals surface area (Å²) < 4.78 is 0. The van der Waals surface area contributed by atoms with Crippen LogP contribution in [0, 0.1) is 11.3 Å². The fourth-order valence-electron chi connectivity index (χ4n) is 6.67. The molecule has 0 aliphatic heterocycles. The summed E-state index contributed by atoms with van der Waals surface area (Å²) >= 11 is 0. The average molecular weight is 585 g/mol. The van der Waals surface area contributed by atoms with Gasteiger partial charge in [-0.3, -0.25) is 0 Å². The molecule has 3 aliphatic rings. The zero-order valence-corrected chi connectivity index (χ0v) is 29.7. The highest BCUT2D eigenvalue weighted by atomic mass is 14.4. The van der Waals surface area contributed by atoms with Crippen LogP contribution in [0.15, 0.2) is 72.8 Å². The van der Waals surface area contributed by atoms with Crippen molar-refractivity contribution in [1.82, 2.24) is 0 Å². The zero-order valence-electron chi connectivity index (χ0n) is 29.7. The summed E-state index contributed by atoms with van der Waals surface area (Å²) in [7, 11) is 0. The van der Waals surface area contributed by atoms with E-state index in [0.29, 0.717) is 11.3 Å². The highest BCUT2D eigenvalue weighted by molar-refractivity contribution is 5.44. The van der Waals surface area contributed by atoms with Crippen molar-refractivity contribution < 1.29 is 0 Å². The van der Waals surface area contributed by atoms with Gasteiger partial charge in [0.2, 0.25) is 0 Å². The minimum absolute atomic E-state index is 0.265. The fourth-order valence-corrected chi connectivity index (χ4v) is 6.67. The summed E-state index contributed by atoms with van der Waals surface area (Å²) in [5.41, 5.74) is 7.13. The zero-order chi connectivity index (χ0) is 31.6. The SMILES string of the molecule is CC.CC.CCCC.CCCCCCC1(/C=C\CCCC2Cc3cc(C4(C)C=CC4)ccc3CC2c2ccccc2)CC1. The predicted octanol–water partition coefficient (Wildman–Crippen LogP) is 13.7. The molecular formula is C43H68. The lowest BCUT2D eigenvalue weighted by atomic mass is 9.68. The molecule has 0 radical (unpaired) electrons. The maximum atomic E-state index is 2.61. The molecule has 0 nitrogen and oxygen atoms in total. The third-order valence-corrected chi connectivity index (χ3v) is 9.95. The van der Waals surface area contributed by atoms with Crippen molar-refractivity contribution in [2.24, 2.45) is 11.3 Å². The molecule has 2 aromatic carbocycles. The third kappa shape index (κ3) is 11.4. The Hall–Kier alpha value is -2.08. The van der Waals surface area contributed by atoms with Gasteiger partial charge in [-0.2, -0.15) is 0 Å². The number of fused-ring (bicyclic) bond motifs is 1. The molecule has 0 aromatic heterocycles. The molecule has 3 aliphatic carbocycles. The first-order valence-corrected chi connectivity index (χ1v) is 18.5. The van der Waals surface area contributed by atoms with Crippen LogP contribution in [0.3, 0.4) is 0 Å². The van der Waals surface area contributed by atoms with Crippen LogP contribution in [0.25, 0.3) is 0 Å². The summed E-state index contributed by atoms with van der Waals surface area (Å²) in [4.78, 5) is 0. The maximum Gasteiger partial charge on any atom is 0.0138 e. The Bertz CT molecular complexity index is 1050. The van der Waals surface area contributed by atoms with E-state index in [0.717, 1.165) is 5.92 Å². The summed E-state index contributed by atoms with van der Waals surface area (Å²) in [5, 5.41) is 0. The van der Waals surface area contributed by atoms with E-state index in [1.165, 1.54) is 102 Å². The van der Waals surface area contributed by atoms with Gasteiger partial charge >= 0.3 is 0 Å². The van der Waals surface area contributed by atoms with Crippen molar-refractivity contribution in [3.8, 4) is 0 Å². The molecule has 3 unspecified atom stereocenters. The van der Waals surface area contributed by atoms with E-state index in [4.69, 9.17) is 0 Å². The van der Waals surface area contributed by atoms with Crippen LogP contribution >= 0.6 is 0 Å². The Morgan fingerprint density at radius 1 is 0.767 bits per heavy atom. The molecule has 0 heteroatoms. The molecule has 1 fully saturated rings. The van der Waals surface area contributed by atoms with Gasteiger partial charge in [0.05, 0.1) is 0 Å². The first kappa shape index (κ1) is 37.1. The average Bonchev–Trinajstić information content (AvgIpc) is 3.83. The molecule has 240 valence electrons. The van der Waals surface area contributed by atoms with Gasteiger partial charge < -0.3 is 0 Å². The van der Waals surface area contributed by atoms with Crippen LogP contribution in [-0.2, 0) is 18.3 Å². The molecule has 0 amide bonds. The number of hydrogen-bond acceptors (Lipinski definition) is 0. The van der Waals surface area contributed by atoms with Crippen molar-refractivity contribution in [3.63, 3.8) is 0 Å².